The molecule has 1 atom stereocenters. The minimum atomic E-state index is -0.777. The first-order valence-electron chi connectivity index (χ1n) is 9.45. The maximum Gasteiger partial charge on any atom is 0.328 e. The highest BCUT2D eigenvalue weighted by Crippen LogP contribution is 2.43. The second-order valence-electron chi connectivity index (χ2n) is 7.12. The molecule has 1 fully saturated rings. The number of thiophene rings is 1. The van der Waals surface area contributed by atoms with Crippen LogP contribution < -0.4 is 10.6 Å². The van der Waals surface area contributed by atoms with Crippen LogP contribution in [0.3, 0.4) is 0 Å². The van der Waals surface area contributed by atoms with E-state index in [1.165, 1.54) is 29.7 Å². The Bertz CT molecular complexity index is 842. The molecule has 2 aliphatic heterocycles. The fraction of sp³-hybridized carbons (Fsp3) is 0.526. The Hall–Kier alpha value is -2.23. The second kappa shape index (κ2) is 8.02. The van der Waals surface area contributed by atoms with E-state index in [-0.39, 0.29) is 11.5 Å². The molecule has 0 aromatic carbocycles. The van der Waals surface area contributed by atoms with Gasteiger partial charge in [0.2, 0.25) is 0 Å². The standard InChI is InChI=1S/C19H24N4O4S/c1-26-18(25)14(8-12-10-21-11-22-12)23-17(24)16-9-13-15(28-16)2-7-27-19(13)3-5-20-6-4-19/h9-11,14,20H,2-8H2,1H3,(H,21,22)(H,23,24)/t14-/m0/s1. The highest BCUT2D eigenvalue weighted by molar-refractivity contribution is 7.14. The summed E-state index contributed by atoms with van der Waals surface area (Å²) in [6.45, 7) is 2.50. The Labute approximate surface area is 167 Å². The Morgan fingerprint density at radius 1 is 1.43 bits per heavy atom. The molecular formula is C19H24N4O4S. The molecule has 3 N–H and O–H groups in total. The van der Waals surface area contributed by atoms with Gasteiger partial charge in [0.15, 0.2) is 0 Å². The number of piperidine rings is 1. The van der Waals surface area contributed by atoms with E-state index in [1.54, 1.807) is 6.20 Å². The number of carbonyl (C=O) groups excluding carboxylic acids is 2. The second-order valence-corrected chi connectivity index (χ2v) is 8.26. The maximum atomic E-state index is 12.9. The topological polar surface area (TPSA) is 105 Å². The third-order valence-corrected chi connectivity index (χ3v) is 6.61. The average Bonchev–Trinajstić information content (AvgIpc) is 3.38. The number of aromatic nitrogens is 2. The first kappa shape index (κ1) is 19.1. The fourth-order valence-corrected chi connectivity index (χ4v) is 5.09. The van der Waals surface area contributed by atoms with Crippen molar-refractivity contribution in [2.75, 3.05) is 26.8 Å². The van der Waals surface area contributed by atoms with Gasteiger partial charge in [0, 0.05) is 29.6 Å². The monoisotopic (exact) mass is 404 g/mol. The molecule has 1 saturated heterocycles. The normalized spacial score (nSPS) is 19.0. The van der Waals surface area contributed by atoms with E-state index in [1.807, 2.05) is 6.07 Å². The van der Waals surface area contributed by atoms with Crippen LogP contribution in [-0.4, -0.2) is 54.7 Å². The van der Waals surface area contributed by atoms with Crippen LogP contribution in [0.25, 0.3) is 0 Å². The molecule has 4 rings (SSSR count). The van der Waals surface area contributed by atoms with Gasteiger partial charge >= 0.3 is 5.97 Å². The third kappa shape index (κ3) is 3.69. The molecule has 0 bridgehead atoms. The Morgan fingerprint density at radius 3 is 2.96 bits per heavy atom. The minimum absolute atomic E-state index is 0.265. The molecule has 0 aliphatic carbocycles. The van der Waals surface area contributed by atoms with Gasteiger partial charge in [-0.05, 0) is 37.6 Å². The van der Waals surface area contributed by atoms with Crippen molar-refractivity contribution in [3.63, 3.8) is 0 Å². The van der Waals surface area contributed by atoms with Crippen molar-refractivity contribution in [3.05, 3.63) is 39.6 Å². The highest BCUT2D eigenvalue weighted by atomic mass is 32.1. The first-order valence-corrected chi connectivity index (χ1v) is 10.3. The van der Waals surface area contributed by atoms with Gasteiger partial charge in [-0.2, -0.15) is 0 Å². The summed E-state index contributed by atoms with van der Waals surface area (Å²) in [5.41, 5.74) is 1.60. The number of nitrogens with zero attached hydrogens (tertiary/aromatic N) is 1. The summed E-state index contributed by atoms with van der Waals surface area (Å²) < 4.78 is 11.0. The summed E-state index contributed by atoms with van der Waals surface area (Å²) in [4.78, 5) is 33.8. The number of esters is 1. The lowest BCUT2D eigenvalue weighted by Crippen LogP contribution is -2.44. The molecule has 2 aliphatic rings. The molecule has 150 valence electrons. The lowest BCUT2D eigenvalue weighted by Gasteiger charge is -2.40. The van der Waals surface area contributed by atoms with Gasteiger partial charge in [-0.25, -0.2) is 9.78 Å². The van der Waals surface area contributed by atoms with E-state index >= 15 is 0 Å². The van der Waals surface area contributed by atoms with Crippen molar-refractivity contribution in [2.45, 2.75) is 37.3 Å². The number of carbonyl (C=O) groups is 2. The lowest BCUT2D eigenvalue weighted by molar-refractivity contribution is -0.142. The number of imidazole rings is 1. The van der Waals surface area contributed by atoms with Crippen LogP contribution in [0, 0.1) is 0 Å². The molecule has 8 nitrogen and oxygen atoms in total. The van der Waals surface area contributed by atoms with Gasteiger partial charge < -0.3 is 25.1 Å². The van der Waals surface area contributed by atoms with Crippen molar-refractivity contribution >= 4 is 23.2 Å². The highest BCUT2D eigenvalue weighted by Gasteiger charge is 2.40. The number of nitrogens with one attached hydrogen (secondary N) is 3. The van der Waals surface area contributed by atoms with E-state index in [9.17, 15) is 9.59 Å². The summed E-state index contributed by atoms with van der Waals surface area (Å²) in [6, 6.07) is 1.17. The van der Waals surface area contributed by atoms with E-state index in [2.05, 4.69) is 20.6 Å². The molecule has 9 heteroatoms. The first-order chi connectivity index (χ1) is 13.6. The molecule has 28 heavy (non-hydrogen) atoms. The van der Waals surface area contributed by atoms with Gasteiger partial charge in [-0.1, -0.05) is 0 Å². The zero-order valence-electron chi connectivity index (χ0n) is 15.7. The largest absolute Gasteiger partial charge is 0.467 e. The number of fused-ring (bicyclic) bond motifs is 2. The molecular weight excluding hydrogens is 380 g/mol. The van der Waals surface area contributed by atoms with Crippen LogP contribution in [0.2, 0.25) is 0 Å². The number of methoxy groups -OCH3 is 1. The van der Waals surface area contributed by atoms with Crippen molar-refractivity contribution in [3.8, 4) is 0 Å². The zero-order chi connectivity index (χ0) is 19.6. The predicted molar refractivity (Wildman–Crippen MR) is 103 cm³/mol. The van der Waals surface area contributed by atoms with Gasteiger partial charge in [0.1, 0.15) is 6.04 Å². The molecule has 0 unspecified atom stereocenters. The minimum Gasteiger partial charge on any atom is -0.467 e. The van der Waals surface area contributed by atoms with Crippen LogP contribution in [-0.2, 0) is 32.7 Å². The predicted octanol–water partition coefficient (Wildman–Crippen LogP) is 1.14. The summed E-state index contributed by atoms with van der Waals surface area (Å²) in [7, 11) is 1.32. The van der Waals surface area contributed by atoms with Gasteiger partial charge in [-0.15, -0.1) is 11.3 Å². The van der Waals surface area contributed by atoms with Crippen molar-refractivity contribution in [1.29, 1.82) is 0 Å². The SMILES string of the molecule is COC(=O)[C@H](Cc1cnc[nH]1)NC(=O)c1cc2c(s1)CCOC21CCNCC1. The average molecular weight is 404 g/mol. The van der Waals surface area contributed by atoms with Gasteiger partial charge in [-0.3, -0.25) is 4.79 Å². The summed E-state index contributed by atoms with van der Waals surface area (Å²) in [6.07, 6.45) is 6.09. The van der Waals surface area contributed by atoms with E-state index in [0.717, 1.165) is 43.6 Å². The number of ether oxygens (including phenoxy) is 2. The van der Waals surface area contributed by atoms with E-state index in [4.69, 9.17) is 9.47 Å². The molecule has 0 radical (unpaired) electrons. The number of H-pyrrole nitrogens is 1. The van der Waals surface area contributed by atoms with E-state index < -0.39 is 12.0 Å². The van der Waals surface area contributed by atoms with Crippen LogP contribution in [0.1, 0.15) is 38.6 Å². The number of aromatic amines is 1. The third-order valence-electron chi connectivity index (χ3n) is 5.41. The fourth-order valence-electron chi connectivity index (χ4n) is 3.95. The van der Waals surface area contributed by atoms with Crippen molar-refractivity contribution in [2.24, 2.45) is 0 Å². The van der Waals surface area contributed by atoms with Crippen LogP contribution in [0.4, 0.5) is 0 Å². The quantitative estimate of drug-likeness (QED) is 0.646. The molecule has 2 aromatic rings. The smallest absolute Gasteiger partial charge is 0.328 e. The van der Waals surface area contributed by atoms with Crippen LogP contribution in [0.5, 0.6) is 0 Å². The maximum absolute atomic E-state index is 12.9. The van der Waals surface area contributed by atoms with E-state index in [0.29, 0.717) is 17.9 Å². The van der Waals surface area contributed by atoms with Gasteiger partial charge in [0.25, 0.3) is 5.91 Å². The Balaban J connectivity index is 1.53. The number of hydrogen-bond acceptors (Lipinski definition) is 7. The Morgan fingerprint density at radius 2 is 2.25 bits per heavy atom. The van der Waals surface area contributed by atoms with Crippen LogP contribution >= 0.6 is 11.3 Å². The molecule has 1 amide bonds. The van der Waals surface area contributed by atoms with Crippen LogP contribution in [0.15, 0.2) is 18.6 Å². The summed E-state index contributed by atoms with van der Waals surface area (Å²) in [5, 5.41) is 6.19. The summed E-state index contributed by atoms with van der Waals surface area (Å²) in [5.74, 6) is -0.749. The number of hydrogen-bond donors (Lipinski definition) is 3. The summed E-state index contributed by atoms with van der Waals surface area (Å²) >= 11 is 1.50. The number of rotatable bonds is 5. The van der Waals surface area contributed by atoms with Crippen molar-refractivity contribution in [1.82, 2.24) is 20.6 Å². The number of amides is 1. The zero-order valence-corrected chi connectivity index (χ0v) is 16.6. The molecule has 1 spiro atoms. The lowest BCUT2D eigenvalue weighted by atomic mass is 9.83. The molecule has 0 saturated carbocycles. The molecule has 2 aromatic heterocycles. The molecule has 4 heterocycles. The van der Waals surface area contributed by atoms with Crippen molar-refractivity contribution < 1.29 is 19.1 Å². The Kier molecular flexibility index (Phi) is 5.47. The van der Waals surface area contributed by atoms with Gasteiger partial charge in [0.05, 0.1) is 30.5 Å².